The van der Waals surface area contributed by atoms with Crippen LogP contribution in [-0.4, -0.2) is 43.6 Å². The zero-order valence-electron chi connectivity index (χ0n) is 20.0. The van der Waals surface area contributed by atoms with Crippen LogP contribution in [-0.2, 0) is 6.61 Å². The van der Waals surface area contributed by atoms with E-state index in [1.807, 2.05) is 61.7 Å². The zero-order valence-corrected chi connectivity index (χ0v) is 20.0. The highest BCUT2D eigenvalue weighted by Crippen LogP contribution is 2.39. The molecule has 0 amide bonds. The predicted molar refractivity (Wildman–Crippen MR) is 136 cm³/mol. The number of fused-ring (bicyclic) bond motifs is 3. The number of hydroxylamine groups is 2. The number of nitrogens with one attached hydrogen (secondary N) is 1. The molecule has 3 N–H and O–H groups in total. The van der Waals surface area contributed by atoms with Crippen molar-refractivity contribution in [3.05, 3.63) is 88.7 Å². The van der Waals surface area contributed by atoms with E-state index in [0.717, 1.165) is 38.4 Å². The number of β-amino-alcohol motifs (C(OH)–C–C–N with tert-alkyl or cyclic N) is 1. The first kappa shape index (κ1) is 23.2. The minimum absolute atomic E-state index is 0.100. The molecule has 2 aliphatic rings. The van der Waals surface area contributed by atoms with Crippen LogP contribution in [0.1, 0.15) is 35.2 Å². The van der Waals surface area contributed by atoms with Crippen molar-refractivity contribution < 1.29 is 19.4 Å². The molecule has 9 heteroatoms. The van der Waals surface area contributed by atoms with E-state index in [2.05, 4.69) is 10.3 Å². The van der Waals surface area contributed by atoms with Crippen molar-refractivity contribution in [3.8, 4) is 11.9 Å². The second-order valence-corrected chi connectivity index (χ2v) is 9.36. The molecular weight excluding hydrogens is 473 g/mol. The molecule has 0 unspecified atom stereocenters. The van der Waals surface area contributed by atoms with Gasteiger partial charge in [-0.1, -0.05) is 30.3 Å². The van der Waals surface area contributed by atoms with Crippen molar-refractivity contribution in [3.63, 3.8) is 0 Å². The van der Waals surface area contributed by atoms with Gasteiger partial charge in [-0.15, -0.1) is 0 Å². The first-order valence-corrected chi connectivity index (χ1v) is 12.0. The van der Waals surface area contributed by atoms with Crippen molar-refractivity contribution in [1.82, 2.24) is 14.6 Å². The zero-order chi connectivity index (χ0) is 25.7. The summed E-state index contributed by atoms with van der Waals surface area (Å²) in [5.41, 5.74) is 5.87. The number of hydrogen-bond acceptors (Lipinski definition) is 7. The summed E-state index contributed by atoms with van der Waals surface area (Å²) in [6.45, 7) is 2.25. The van der Waals surface area contributed by atoms with Gasteiger partial charge in [0, 0.05) is 11.6 Å². The van der Waals surface area contributed by atoms with E-state index in [1.54, 1.807) is 10.6 Å². The molecule has 1 fully saturated rings. The number of halogens is 1. The van der Waals surface area contributed by atoms with Crippen LogP contribution >= 0.6 is 0 Å². The maximum atomic E-state index is 14.0. The molecule has 6 rings (SSSR count). The molecule has 0 aliphatic carbocycles. The number of aliphatic hydroxyl groups is 1. The van der Waals surface area contributed by atoms with Gasteiger partial charge in [-0.2, -0.15) is 10.3 Å². The van der Waals surface area contributed by atoms with Crippen LogP contribution in [0.4, 0.5) is 10.3 Å². The molecule has 1 aromatic heterocycles. The molecule has 186 valence electrons. The summed E-state index contributed by atoms with van der Waals surface area (Å²) in [5.74, 6) is 0.409. The molecule has 0 saturated carbocycles. The SMILES string of the molecule is C[C@H]1[C@H](n2c(NC#N)nc3cc(/C=C4\c5ccccc5COc5cc(F)ccc54)ccc32)[C@@H](O)CN1O. The smallest absolute Gasteiger partial charge is 0.217 e. The Hall–Kier alpha value is -4.23. The summed E-state index contributed by atoms with van der Waals surface area (Å²) < 4.78 is 21.7. The molecule has 0 spiro atoms. The summed E-state index contributed by atoms with van der Waals surface area (Å²) in [6, 6.07) is 17.3. The van der Waals surface area contributed by atoms with Gasteiger partial charge < -0.3 is 19.6 Å². The van der Waals surface area contributed by atoms with E-state index >= 15 is 0 Å². The Bertz CT molecular complexity index is 1590. The summed E-state index contributed by atoms with van der Waals surface area (Å²) in [6.07, 6.45) is 3.10. The van der Waals surface area contributed by atoms with Gasteiger partial charge in [-0.3, -0.25) is 5.32 Å². The van der Waals surface area contributed by atoms with Crippen molar-refractivity contribution in [2.45, 2.75) is 31.7 Å². The number of imidazole rings is 1. The predicted octanol–water partition coefficient (Wildman–Crippen LogP) is 4.54. The summed E-state index contributed by atoms with van der Waals surface area (Å²) >= 11 is 0. The third kappa shape index (κ3) is 3.92. The molecule has 37 heavy (non-hydrogen) atoms. The minimum atomic E-state index is -0.835. The number of aromatic nitrogens is 2. The number of anilines is 1. The summed E-state index contributed by atoms with van der Waals surface area (Å²) in [7, 11) is 0. The Morgan fingerprint density at radius 1 is 1.16 bits per heavy atom. The highest BCUT2D eigenvalue weighted by atomic mass is 19.1. The number of ether oxygens (including phenoxy) is 1. The normalized spacial score (nSPS) is 22.2. The third-order valence-corrected chi connectivity index (χ3v) is 7.15. The fraction of sp³-hybridized carbons (Fsp3) is 0.214. The number of rotatable bonds is 3. The maximum absolute atomic E-state index is 14.0. The van der Waals surface area contributed by atoms with Crippen LogP contribution in [0.5, 0.6) is 5.75 Å². The number of nitrogens with zero attached hydrogens (tertiary/aromatic N) is 4. The number of aliphatic hydroxyl groups excluding tert-OH is 1. The van der Waals surface area contributed by atoms with Gasteiger partial charge in [0.25, 0.3) is 0 Å². The van der Waals surface area contributed by atoms with Gasteiger partial charge in [0.05, 0.1) is 35.8 Å². The lowest BCUT2D eigenvalue weighted by Crippen LogP contribution is -2.30. The van der Waals surface area contributed by atoms with Crippen LogP contribution in [0.3, 0.4) is 0 Å². The summed E-state index contributed by atoms with van der Waals surface area (Å²) in [4.78, 5) is 4.63. The Kier molecular flexibility index (Phi) is 5.65. The molecule has 3 atom stereocenters. The Morgan fingerprint density at radius 2 is 2.00 bits per heavy atom. The Labute approximate surface area is 212 Å². The molecule has 3 heterocycles. The van der Waals surface area contributed by atoms with Gasteiger partial charge in [0.1, 0.15) is 18.2 Å². The quantitative estimate of drug-likeness (QED) is 0.282. The van der Waals surface area contributed by atoms with Crippen LogP contribution in [0, 0.1) is 17.3 Å². The Morgan fingerprint density at radius 3 is 2.78 bits per heavy atom. The van der Waals surface area contributed by atoms with E-state index in [9.17, 15) is 20.0 Å². The van der Waals surface area contributed by atoms with Crippen LogP contribution < -0.4 is 10.1 Å². The van der Waals surface area contributed by atoms with Crippen LogP contribution in [0.15, 0.2) is 60.7 Å². The molecule has 0 bridgehead atoms. The maximum Gasteiger partial charge on any atom is 0.217 e. The van der Waals surface area contributed by atoms with Crippen molar-refractivity contribution in [2.24, 2.45) is 0 Å². The molecule has 1 saturated heterocycles. The third-order valence-electron chi connectivity index (χ3n) is 7.15. The molecule has 2 aliphatic heterocycles. The van der Waals surface area contributed by atoms with Crippen LogP contribution in [0.25, 0.3) is 22.7 Å². The molecule has 3 aromatic carbocycles. The highest BCUT2D eigenvalue weighted by molar-refractivity contribution is 5.96. The number of benzene rings is 3. The summed E-state index contributed by atoms with van der Waals surface area (Å²) in [5, 5.41) is 33.8. The fourth-order valence-corrected chi connectivity index (χ4v) is 5.37. The standard InChI is InChI=1S/C28H24FN5O3/c1-16-27(25(35)13-33(16)36)34-24-9-6-17(11-23(24)32-28(34)31-15-30)10-22-20-5-3-2-4-18(20)14-37-26-12-19(29)7-8-21(22)26/h2-12,16,25,27,35-36H,13-14H2,1H3,(H,31,32)/b22-10+/t16-,25-,27-/m0/s1. The second-order valence-electron chi connectivity index (χ2n) is 9.36. The van der Waals surface area contributed by atoms with E-state index in [1.165, 1.54) is 12.1 Å². The Balaban J connectivity index is 1.51. The molecule has 8 nitrogen and oxygen atoms in total. The van der Waals surface area contributed by atoms with E-state index in [-0.39, 0.29) is 18.4 Å². The average Bonchev–Trinajstić information content (AvgIpc) is 3.29. The fourth-order valence-electron chi connectivity index (χ4n) is 5.37. The van der Waals surface area contributed by atoms with Gasteiger partial charge in [0.2, 0.25) is 5.95 Å². The molecule has 0 radical (unpaired) electrons. The topological polar surface area (TPSA) is 107 Å². The van der Waals surface area contributed by atoms with Crippen LogP contribution in [0.2, 0.25) is 0 Å². The monoisotopic (exact) mass is 497 g/mol. The van der Waals surface area contributed by atoms with E-state index in [4.69, 9.17) is 4.74 Å². The van der Waals surface area contributed by atoms with E-state index < -0.39 is 12.1 Å². The lowest BCUT2D eigenvalue weighted by Gasteiger charge is -2.23. The van der Waals surface area contributed by atoms with E-state index in [0.29, 0.717) is 23.8 Å². The van der Waals surface area contributed by atoms with Gasteiger partial charge >= 0.3 is 0 Å². The first-order valence-electron chi connectivity index (χ1n) is 12.0. The van der Waals surface area contributed by atoms with Gasteiger partial charge in [-0.25, -0.2) is 9.37 Å². The van der Waals surface area contributed by atoms with Crippen molar-refractivity contribution >= 4 is 28.6 Å². The average molecular weight is 498 g/mol. The largest absolute Gasteiger partial charge is 0.488 e. The van der Waals surface area contributed by atoms with Gasteiger partial charge in [0.15, 0.2) is 6.19 Å². The lowest BCUT2D eigenvalue weighted by atomic mass is 9.92. The minimum Gasteiger partial charge on any atom is -0.488 e. The second kappa shape index (κ2) is 9.01. The van der Waals surface area contributed by atoms with Crippen molar-refractivity contribution in [1.29, 1.82) is 5.26 Å². The van der Waals surface area contributed by atoms with Crippen molar-refractivity contribution in [2.75, 3.05) is 11.9 Å². The van der Waals surface area contributed by atoms with Gasteiger partial charge in [-0.05, 0) is 59.5 Å². The first-order chi connectivity index (χ1) is 17.9. The number of hydrogen-bond donors (Lipinski definition) is 3. The molecule has 4 aromatic rings. The highest BCUT2D eigenvalue weighted by Gasteiger charge is 2.40. The number of nitriles is 1. The molecular formula is C28H24FN5O3. The lowest BCUT2D eigenvalue weighted by molar-refractivity contribution is -0.105.